The van der Waals surface area contributed by atoms with Crippen LogP contribution >= 0.6 is 0 Å². The quantitative estimate of drug-likeness (QED) is 0.660. The van der Waals surface area contributed by atoms with Gasteiger partial charge in [0.1, 0.15) is 11.4 Å². The van der Waals surface area contributed by atoms with Gasteiger partial charge in [0.05, 0.1) is 18.8 Å². The summed E-state index contributed by atoms with van der Waals surface area (Å²) in [5, 5.41) is 2.76. The molecule has 1 aliphatic heterocycles. The molecule has 1 N–H and O–H groups in total. The van der Waals surface area contributed by atoms with Gasteiger partial charge in [-0.25, -0.2) is 9.78 Å². The number of amides is 2. The number of methoxy groups -OCH3 is 1. The Morgan fingerprint density at radius 1 is 1.26 bits per heavy atom. The first-order chi connectivity index (χ1) is 15.8. The number of carbonyl (C=O) groups excluding carboxylic acids is 2. The molecule has 0 bridgehead atoms. The van der Waals surface area contributed by atoms with Gasteiger partial charge in [-0.3, -0.25) is 4.79 Å². The van der Waals surface area contributed by atoms with Gasteiger partial charge in [0, 0.05) is 25.3 Å². The van der Waals surface area contributed by atoms with Crippen molar-refractivity contribution in [2.75, 3.05) is 20.3 Å². The fraction of sp³-hybridized carbons (Fsp3) is 0.500. The Kier molecular flexibility index (Phi) is 7.39. The Morgan fingerprint density at radius 3 is 2.65 bits per heavy atom. The van der Waals surface area contributed by atoms with E-state index in [1.165, 1.54) is 30.3 Å². The van der Waals surface area contributed by atoms with Gasteiger partial charge in [0.15, 0.2) is 5.76 Å². The van der Waals surface area contributed by atoms with Crippen LogP contribution in [0.2, 0.25) is 0 Å². The zero-order valence-electron chi connectivity index (χ0n) is 19.1. The first kappa shape index (κ1) is 25.3. The van der Waals surface area contributed by atoms with Crippen molar-refractivity contribution in [3.8, 4) is 17.1 Å². The third-order valence-corrected chi connectivity index (χ3v) is 4.79. The van der Waals surface area contributed by atoms with E-state index in [2.05, 4.69) is 15.0 Å². The molecule has 2 aromatic rings. The Labute approximate surface area is 194 Å². The van der Waals surface area contributed by atoms with Gasteiger partial charge < -0.3 is 28.8 Å². The van der Waals surface area contributed by atoms with Crippen molar-refractivity contribution in [2.24, 2.45) is 0 Å². The molecule has 2 heterocycles. The molecular weight excluding hydrogens is 459 g/mol. The first-order valence-electron chi connectivity index (χ1n) is 10.5. The molecule has 1 saturated heterocycles. The SMILES string of the molecule is COC[C@@H]1C[C@@H](NC(=O)c2ncc(-c3cccc(OC(F)(F)F)c3)o2)CN1C(=O)OC(C)(C)C. The maximum atomic E-state index is 12.7. The molecule has 9 nitrogen and oxygen atoms in total. The zero-order chi connectivity index (χ0) is 25.1. The lowest BCUT2D eigenvalue weighted by atomic mass is 10.2. The fourth-order valence-corrected chi connectivity index (χ4v) is 3.52. The lowest BCUT2D eigenvalue weighted by molar-refractivity contribution is -0.274. The Balaban J connectivity index is 1.66. The number of ether oxygens (including phenoxy) is 3. The van der Waals surface area contributed by atoms with Crippen molar-refractivity contribution in [3.63, 3.8) is 0 Å². The number of hydrogen-bond donors (Lipinski definition) is 1. The van der Waals surface area contributed by atoms with Crippen molar-refractivity contribution in [1.82, 2.24) is 15.2 Å². The van der Waals surface area contributed by atoms with E-state index >= 15 is 0 Å². The number of rotatable bonds is 6. The summed E-state index contributed by atoms with van der Waals surface area (Å²) >= 11 is 0. The van der Waals surface area contributed by atoms with Crippen molar-refractivity contribution >= 4 is 12.0 Å². The number of likely N-dealkylation sites (tertiary alicyclic amines) is 1. The molecule has 1 aromatic carbocycles. The minimum Gasteiger partial charge on any atom is -0.444 e. The molecule has 1 fully saturated rings. The highest BCUT2D eigenvalue weighted by molar-refractivity contribution is 5.90. The molecule has 3 rings (SSSR count). The molecule has 2 atom stereocenters. The van der Waals surface area contributed by atoms with E-state index < -0.39 is 35.8 Å². The van der Waals surface area contributed by atoms with Crippen LogP contribution in [0.15, 0.2) is 34.9 Å². The number of hydrogen-bond acceptors (Lipinski definition) is 7. The lowest BCUT2D eigenvalue weighted by Crippen LogP contribution is -2.43. The van der Waals surface area contributed by atoms with Crippen LogP contribution < -0.4 is 10.1 Å². The van der Waals surface area contributed by atoms with Crippen LogP contribution in [-0.2, 0) is 9.47 Å². The number of nitrogens with one attached hydrogen (secondary N) is 1. The topological polar surface area (TPSA) is 103 Å². The number of oxazole rings is 1. The molecule has 0 aliphatic carbocycles. The Bertz CT molecular complexity index is 1020. The monoisotopic (exact) mass is 485 g/mol. The van der Waals surface area contributed by atoms with E-state index in [0.29, 0.717) is 6.42 Å². The van der Waals surface area contributed by atoms with Gasteiger partial charge in [0.2, 0.25) is 0 Å². The predicted molar refractivity (Wildman–Crippen MR) is 113 cm³/mol. The Hall–Kier alpha value is -3.28. The first-order valence-corrected chi connectivity index (χ1v) is 10.5. The maximum Gasteiger partial charge on any atom is 0.573 e. The molecule has 0 spiro atoms. The molecule has 0 unspecified atom stereocenters. The highest BCUT2D eigenvalue weighted by Crippen LogP contribution is 2.28. The summed E-state index contributed by atoms with van der Waals surface area (Å²) in [5.74, 6) is -1.22. The third kappa shape index (κ3) is 6.86. The fourth-order valence-electron chi connectivity index (χ4n) is 3.52. The second-order valence-electron chi connectivity index (χ2n) is 8.75. The second kappa shape index (κ2) is 9.92. The van der Waals surface area contributed by atoms with Gasteiger partial charge in [-0.2, -0.15) is 0 Å². The molecule has 186 valence electrons. The average Bonchev–Trinajstić information content (AvgIpc) is 3.33. The molecule has 2 amide bonds. The Morgan fingerprint density at radius 2 is 2.00 bits per heavy atom. The summed E-state index contributed by atoms with van der Waals surface area (Å²) < 4.78 is 57.4. The van der Waals surface area contributed by atoms with Crippen LogP contribution in [0.5, 0.6) is 5.75 Å². The van der Waals surface area contributed by atoms with Gasteiger partial charge >= 0.3 is 18.4 Å². The number of alkyl halides is 3. The van der Waals surface area contributed by atoms with Crippen molar-refractivity contribution < 1.29 is 41.4 Å². The summed E-state index contributed by atoms with van der Waals surface area (Å²) in [6, 6.07) is 4.43. The second-order valence-corrected chi connectivity index (χ2v) is 8.75. The van der Waals surface area contributed by atoms with E-state index in [9.17, 15) is 22.8 Å². The van der Waals surface area contributed by atoms with Crippen molar-refractivity contribution in [3.05, 3.63) is 36.4 Å². The molecule has 0 radical (unpaired) electrons. The summed E-state index contributed by atoms with van der Waals surface area (Å²) in [4.78, 5) is 30.6. The standard InChI is InChI=1S/C22H26F3N3O6/c1-21(2,3)34-20(30)28-11-14(9-15(28)12-31-4)27-18(29)19-26-10-17(32-19)13-6-5-7-16(8-13)33-22(23,24)25/h5-8,10,14-15H,9,11-12H2,1-4H3,(H,27,29)/t14-,15+/m1/s1. The lowest BCUT2D eigenvalue weighted by Gasteiger charge is -2.28. The van der Waals surface area contributed by atoms with Crippen LogP contribution in [0.1, 0.15) is 37.9 Å². The third-order valence-electron chi connectivity index (χ3n) is 4.79. The summed E-state index contributed by atoms with van der Waals surface area (Å²) in [6.45, 7) is 5.76. The molecule has 12 heteroatoms. The van der Waals surface area contributed by atoms with Crippen molar-refractivity contribution in [2.45, 2.75) is 51.2 Å². The van der Waals surface area contributed by atoms with Crippen LogP contribution in [0.3, 0.4) is 0 Å². The number of carbonyl (C=O) groups is 2. The molecular formula is C22H26F3N3O6. The summed E-state index contributed by atoms with van der Waals surface area (Å²) in [6.07, 6.45) is -3.67. The highest BCUT2D eigenvalue weighted by Gasteiger charge is 2.38. The van der Waals surface area contributed by atoms with Gasteiger partial charge in [-0.1, -0.05) is 12.1 Å². The van der Waals surface area contributed by atoms with Gasteiger partial charge in [0.25, 0.3) is 5.89 Å². The predicted octanol–water partition coefficient (Wildman–Crippen LogP) is 3.99. The van der Waals surface area contributed by atoms with Crippen LogP contribution in [0, 0.1) is 0 Å². The van der Waals surface area contributed by atoms with E-state index in [0.717, 1.165) is 12.1 Å². The number of nitrogens with zero attached hydrogens (tertiary/aromatic N) is 2. The van der Waals surface area contributed by atoms with E-state index in [1.807, 2.05) is 0 Å². The molecule has 34 heavy (non-hydrogen) atoms. The van der Waals surface area contributed by atoms with E-state index in [1.54, 1.807) is 20.8 Å². The van der Waals surface area contributed by atoms with Crippen LogP contribution in [0.4, 0.5) is 18.0 Å². The normalized spacial score (nSPS) is 18.6. The summed E-state index contributed by atoms with van der Waals surface area (Å²) in [7, 11) is 1.52. The smallest absolute Gasteiger partial charge is 0.444 e. The molecule has 1 aromatic heterocycles. The highest BCUT2D eigenvalue weighted by atomic mass is 19.4. The number of halogens is 3. The average molecular weight is 485 g/mol. The minimum absolute atomic E-state index is 0.0943. The van der Waals surface area contributed by atoms with E-state index in [4.69, 9.17) is 13.9 Å². The largest absolute Gasteiger partial charge is 0.573 e. The van der Waals surface area contributed by atoms with Crippen LogP contribution in [0.25, 0.3) is 11.3 Å². The minimum atomic E-state index is -4.83. The van der Waals surface area contributed by atoms with Crippen molar-refractivity contribution in [1.29, 1.82) is 0 Å². The van der Waals surface area contributed by atoms with E-state index in [-0.39, 0.29) is 36.4 Å². The molecule has 1 aliphatic rings. The number of benzene rings is 1. The van der Waals surface area contributed by atoms with Gasteiger partial charge in [-0.05, 0) is 39.3 Å². The summed E-state index contributed by atoms with van der Waals surface area (Å²) in [5.41, 5.74) is -0.419. The van der Waals surface area contributed by atoms with Crippen LogP contribution in [-0.4, -0.2) is 66.2 Å². The maximum absolute atomic E-state index is 12.7. The zero-order valence-corrected chi connectivity index (χ0v) is 19.1. The number of aromatic nitrogens is 1. The van der Waals surface area contributed by atoms with Gasteiger partial charge in [-0.15, -0.1) is 13.2 Å². The molecule has 0 saturated carbocycles.